The number of allylic oxidation sites excluding steroid dienone is 2. The van der Waals surface area contributed by atoms with Crippen LogP contribution in [-0.2, 0) is 10.2 Å². The maximum Gasteiger partial charge on any atom is 0.229 e. The molecule has 2 N–H and O–H groups in total. The predicted molar refractivity (Wildman–Crippen MR) is 108 cm³/mol. The van der Waals surface area contributed by atoms with Gasteiger partial charge in [-0.2, -0.15) is 0 Å². The van der Waals surface area contributed by atoms with Gasteiger partial charge in [0.15, 0.2) is 0 Å². The number of carbonyl (C=O) groups excluding carboxylic acids is 1. The third-order valence-corrected chi connectivity index (χ3v) is 8.12. The zero-order valence-corrected chi connectivity index (χ0v) is 16.5. The highest BCUT2D eigenvalue weighted by Crippen LogP contribution is 2.73. The minimum atomic E-state index is -0.152. The quantitative estimate of drug-likeness (QED) is 0.823. The summed E-state index contributed by atoms with van der Waals surface area (Å²) in [6.07, 6.45) is 9.99. The third-order valence-electron chi connectivity index (χ3n) is 8.12. The highest BCUT2D eigenvalue weighted by atomic mass is 16.2. The molecule has 4 aliphatic carbocycles. The molecule has 0 spiro atoms. The molecule has 1 aromatic carbocycles. The molecule has 6 rings (SSSR count). The van der Waals surface area contributed by atoms with Crippen molar-refractivity contribution in [1.82, 2.24) is 4.90 Å². The van der Waals surface area contributed by atoms with Crippen molar-refractivity contribution in [1.29, 1.82) is 0 Å². The maximum absolute atomic E-state index is 13.9. The van der Waals surface area contributed by atoms with E-state index >= 15 is 0 Å². The van der Waals surface area contributed by atoms with E-state index in [1.165, 1.54) is 18.4 Å². The molecule has 27 heavy (non-hydrogen) atoms. The first-order chi connectivity index (χ1) is 13.1. The van der Waals surface area contributed by atoms with E-state index in [-0.39, 0.29) is 16.9 Å². The van der Waals surface area contributed by atoms with Crippen LogP contribution in [0.15, 0.2) is 42.0 Å². The largest absolute Gasteiger partial charge is 0.342 e. The lowest BCUT2D eigenvalue weighted by Crippen LogP contribution is -2.50. The predicted octanol–water partition coefficient (Wildman–Crippen LogP) is 4.03. The van der Waals surface area contributed by atoms with Crippen LogP contribution in [0, 0.1) is 17.3 Å². The lowest BCUT2D eigenvalue weighted by atomic mass is 9.63. The fourth-order valence-corrected chi connectivity index (χ4v) is 7.10. The van der Waals surface area contributed by atoms with Crippen molar-refractivity contribution in [2.75, 3.05) is 13.1 Å². The summed E-state index contributed by atoms with van der Waals surface area (Å²) in [4.78, 5) is 16.0. The summed E-state index contributed by atoms with van der Waals surface area (Å²) < 4.78 is 0. The van der Waals surface area contributed by atoms with Crippen LogP contribution in [0.25, 0.3) is 0 Å². The molecule has 1 aromatic rings. The van der Waals surface area contributed by atoms with Crippen LogP contribution in [0.3, 0.4) is 0 Å². The second-order valence-electron chi connectivity index (χ2n) is 9.58. The van der Waals surface area contributed by atoms with E-state index in [4.69, 9.17) is 5.73 Å². The molecule has 5 fully saturated rings. The Morgan fingerprint density at radius 1 is 1.19 bits per heavy atom. The number of rotatable bonds is 3. The molecule has 4 bridgehead atoms. The molecule has 3 nitrogen and oxygen atoms in total. The Labute approximate surface area is 163 Å². The maximum atomic E-state index is 13.9. The number of benzene rings is 1. The molecule has 3 heteroatoms. The minimum Gasteiger partial charge on any atom is -0.342 e. The molecule has 0 aromatic heterocycles. The van der Waals surface area contributed by atoms with E-state index in [0.717, 1.165) is 45.2 Å². The van der Waals surface area contributed by atoms with Crippen molar-refractivity contribution in [2.24, 2.45) is 23.0 Å². The summed E-state index contributed by atoms with van der Waals surface area (Å²) in [5, 5.41) is 0. The topological polar surface area (TPSA) is 46.3 Å². The van der Waals surface area contributed by atoms with Crippen LogP contribution in [0.4, 0.5) is 0 Å². The summed E-state index contributed by atoms with van der Waals surface area (Å²) in [7, 11) is 0. The summed E-state index contributed by atoms with van der Waals surface area (Å²) in [6.45, 7) is 3.94. The van der Waals surface area contributed by atoms with E-state index < -0.39 is 0 Å². The van der Waals surface area contributed by atoms with Gasteiger partial charge >= 0.3 is 0 Å². The minimum absolute atomic E-state index is 0.152. The van der Waals surface area contributed by atoms with Crippen molar-refractivity contribution in [3.8, 4) is 0 Å². The van der Waals surface area contributed by atoms with Crippen LogP contribution in [0.5, 0.6) is 0 Å². The van der Waals surface area contributed by atoms with Crippen molar-refractivity contribution in [3.05, 3.63) is 47.5 Å². The first-order valence-electron chi connectivity index (χ1n) is 10.9. The summed E-state index contributed by atoms with van der Waals surface area (Å²) in [5.74, 6) is 1.51. The second kappa shape index (κ2) is 6.20. The third kappa shape index (κ3) is 2.47. The summed E-state index contributed by atoms with van der Waals surface area (Å²) >= 11 is 0. The molecule has 1 heterocycles. The van der Waals surface area contributed by atoms with Gasteiger partial charge in [0.1, 0.15) is 0 Å². The van der Waals surface area contributed by atoms with E-state index in [2.05, 4.69) is 48.2 Å². The van der Waals surface area contributed by atoms with Gasteiger partial charge in [0.25, 0.3) is 0 Å². The molecule has 1 saturated heterocycles. The Hall–Kier alpha value is -1.61. The number of likely N-dealkylation sites (tertiary alicyclic amines) is 1. The van der Waals surface area contributed by atoms with Crippen molar-refractivity contribution in [3.63, 3.8) is 0 Å². The lowest BCUT2D eigenvalue weighted by molar-refractivity contribution is -0.145. The van der Waals surface area contributed by atoms with Crippen molar-refractivity contribution < 1.29 is 4.79 Å². The van der Waals surface area contributed by atoms with Crippen LogP contribution in [-0.4, -0.2) is 29.9 Å². The molecular weight excluding hydrogens is 332 g/mol. The molecule has 1 aliphatic heterocycles. The van der Waals surface area contributed by atoms with Gasteiger partial charge in [-0.15, -0.1) is 0 Å². The fourth-order valence-electron chi connectivity index (χ4n) is 7.10. The van der Waals surface area contributed by atoms with Crippen molar-refractivity contribution >= 4 is 5.91 Å². The second-order valence-corrected chi connectivity index (χ2v) is 9.58. The summed E-state index contributed by atoms with van der Waals surface area (Å²) in [5.41, 5.74) is 9.23. The number of amides is 1. The van der Waals surface area contributed by atoms with Crippen LogP contribution in [0.2, 0.25) is 0 Å². The van der Waals surface area contributed by atoms with Crippen molar-refractivity contribution in [2.45, 2.75) is 63.3 Å². The normalized spacial score (nSPS) is 39.5. The smallest absolute Gasteiger partial charge is 0.229 e. The molecule has 4 unspecified atom stereocenters. The Kier molecular flexibility index (Phi) is 4.02. The average molecular weight is 365 g/mol. The Balaban J connectivity index is 1.52. The SMILES string of the molecule is CC/C=C1/C2CC3(c4ccccc4)CC1C(C(=O)N1CCC(N)CC1)(C2)C3. The lowest BCUT2D eigenvalue weighted by Gasteiger charge is -2.43. The number of carbonyl (C=O) groups is 1. The van der Waals surface area contributed by atoms with E-state index in [0.29, 0.717) is 17.7 Å². The first kappa shape index (κ1) is 17.5. The Morgan fingerprint density at radius 2 is 1.93 bits per heavy atom. The molecule has 144 valence electrons. The molecule has 4 atom stereocenters. The zero-order valence-electron chi connectivity index (χ0n) is 16.5. The molecule has 4 saturated carbocycles. The van der Waals surface area contributed by atoms with Crippen LogP contribution >= 0.6 is 0 Å². The zero-order chi connectivity index (χ0) is 18.6. The molecule has 1 amide bonds. The highest BCUT2D eigenvalue weighted by molar-refractivity contribution is 5.86. The van der Waals surface area contributed by atoms with Gasteiger partial charge in [0.2, 0.25) is 5.91 Å². The molecule has 5 aliphatic rings. The van der Waals surface area contributed by atoms with Gasteiger partial charge in [0, 0.05) is 19.1 Å². The number of hydrogen-bond donors (Lipinski definition) is 1. The van der Waals surface area contributed by atoms with E-state index in [1.807, 2.05) is 0 Å². The fraction of sp³-hybridized carbons (Fsp3) is 0.625. The van der Waals surface area contributed by atoms with E-state index in [1.54, 1.807) is 5.57 Å². The Morgan fingerprint density at radius 3 is 2.63 bits per heavy atom. The number of hydrogen-bond acceptors (Lipinski definition) is 2. The van der Waals surface area contributed by atoms with E-state index in [9.17, 15) is 4.79 Å². The van der Waals surface area contributed by atoms with Gasteiger partial charge < -0.3 is 10.6 Å². The average Bonchev–Trinajstić information content (AvgIpc) is 3.06. The Bertz CT molecular complexity index is 764. The van der Waals surface area contributed by atoms with Gasteiger partial charge in [-0.05, 0) is 67.8 Å². The number of nitrogens with two attached hydrogens (primary N) is 1. The number of piperidine rings is 1. The molecule has 0 radical (unpaired) electrons. The van der Waals surface area contributed by atoms with Crippen LogP contribution in [0.1, 0.15) is 57.4 Å². The standard InChI is InChI=1S/C24H32N2O/c1-2-6-20-17-13-23(18-7-4-3-5-8-18)15-21(20)24(14-17,16-23)22(27)26-11-9-19(25)10-12-26/h3-8,17,19,21H,2,9-16,25H2,1H3/b20-6-. The van der Waals surface area contributed by atoms with Gasteiger partial charge in [0.05, 0.1) is 5.41 Å². The van der Waals surface area contributed by atoms with Gasteiger partial charge in [-0.3, -0.25) is 4.79 Å². The monoisotopic (exact) mass is 364 g/mol. The summed E-state index contributed by atoms with van der Waals surface area (Å²) in [6, 6.07) is 11.3. The number of nitrogens with zero attached hydrogens (tertiary/aromatic N) is 1. The molecular formula is C24H32N2O. The van der Waals surface area contributed by atoms with Gasteiger partial charge in [-0.25, -0.2) is 0 Å². The highest BCUT2D eigenvalue weighted by Gasteiger charge is 2.69. The first-order valence-corrected chi connectivity index (χ1v) is 10.9. The van der Waals surface area contributed by atoms with Gasteiger partial charge in [-0.1, -0.05) is 48.9 Å². The van der Waals surface area contributed by atoms with Crippen LogP contribution < -0.4 is 5.73 Å².